The van der Waals surface area contributed by atoms with Crippen LogP contribution >= 0.6 is 11.3 Å². The van der Waals surface area contributed by atoms with Gasteiger partial charge in [-0.25, -0.2) is 9.37 Å². The number of amides is 1. The smallest absolute Gasteiger partial charge is 0.233 e. The number of nitrogens with zero attached hydrogens (tertiary/aromatic N) is 4. The second-order valence-corrected chi connectivity index (χ2v) is 8.48. The number of anilines is 1. The van der Waals surface area contributed by atoms with Gasteiger partial charge in [-0.15, -0.1) is 0 Å². The topological polar surface area (TPSA) is 51.0 Å². The molecule has 7 heteroatoms. The molecule has 0 saturated heterocycles. The summed E-state index contributed by atoms with van der Waals surface area (Å²) in [5, 5.41) is 4.72. The Kier molecular flexibility index (Phi) is 5.90. The summed E-state index contributed by atoms with van der Waals surface area (Å²) in [5.41, 5.74) is 2.49. The van der Waals surface area contributed by atoms with E-state index in [4.69, 9.17) is 0 Å². The highest BCUT2D eigenvalue weighted by molar-refractivity contribution is 7.22. The summed E-state index contributed by atoms with van der Waals surface area (Å²) >= 11 is 1.33. The molecule has 2 aromatic heterocycles. The zero-order chi connectivity index (χ0) is 21.1. The molecule has 1 amide bonds. The molecule has 0 bridgehead atoms. The van der Waals surface area contributed by atoms with Gasteiger partial charge in [0.25, 0.3) is 0 Å². The lowest BCUT2D eigenvalue weighted by molar-refractivity contribution is -0.118. The first kappa shape index (κ1) is 20.2. The first-order valence-corrected chi connectivity index (χ1v) is 10.7. The molecule has 0 spiro atoms. The van der Waals surface area contributed by atoms with Crippen LogP contribution in [0.3, 0.4) is 0 Å². The molecule has 5 nitrogen and oxygen atoms in total. The van der Waals surface area contributed by atoms with Gasteiger partial charge in [-0.3, -0.25) is 14.4 Å². The van der Waals surface area contributed by atoms with Crippen molar-refractivity contribution < 1.29 is 9.18 Å². The minimum absolute atomic E-state index is 0.0704. The summed E-state index contributed by atoms with van der Waals surface area (Å²) in [5.74, 6) is -0.00404. The van der Waals surface area contributed by atoms with E-state index in [2.05, 4.69) is 36.1 Å². The van der Waals surface area contributed by atoms with Crippen LogP contribution in [0, 0.1) is 5.82 Å². The number of thiazole rings is 1. The molecule has 0 saturated carbocycles. The molecule has 4 aromatic rings. The zero-order valence-corrected chi connectivity index (χ0v) is 17.8. The van der Waals surface area contributed by atoms with Gasteiger partial charge >= 0.3 is 0 Å². The highest BCUT2D eigenvalue weighted by atomic mass is 32.1. The van der Waals surface area contributed by atoms with Crippen LogP contribution < -0.4 is 4.90 Å². The molecule has 30 heavy (non-hydrogen) atoms. The molecular weight excluding hydrogens is 399 g/mol. The Hall–Kier alpha value is -3.06. The van der Waals surface area contributed by atoms with Crippen molar-refractivity contribution in [3.63, 3.8) is 0 Å². The standard InChI is InChI=1S/C23H23FN4OS/c1-16(2)18-9-7-17(8-10-18)15-21(29)28(14-13-27-12-4-11-25-27)23-26-22-19(24)5-3-6-20(22)30-23/h3-12,16H,13-15H2,1-2H3. The van der Waals surface area contributed by atoms with Crippen LogP contribution in [0.25, 0.3) is 10.2 Å². The number of rotatable bonds is 7. The SMILES string of the molecule is CC(C)c1ccc(CC(=O)N(CCn2cccn2)c2nc3c(F)cccc3s2)cc1. The van der Waals surface area contributed by atoms with E-state index < -0.39 is 0 Å². The number of fused-ring (bicyclic) bond motifs is 1. The summed E-state index contributed by atoms with van der Waals surface area (Å²) in [6, 6.07) is 14.8. The number of hydrogen-bond donors (Lipinski definition) is 0. The van der Waals surface area contributed by atoms with E-state index in [0.717, 1.165) is 10.3 Å². The van der Waals surface area contributed by atoms with E-state index in [0.29, 0.717) is 29.7 Å². The second kappa shape index (κ2) is 8.75. The van der Waals surface area contributed by atoms with Crippen LogP contribution in [-0.4, -0.2) is 27.2 Å². The van der Waals surface area contributed by atoms with Gasteiger partial charge in [-0.05, 0) is 35.2 Å². The molecular formula is C23H23FN4OS. The summed E-state index contributed by atoms with van der Waals surface area (Å²) in [6.45, 7) is 5.22. The van der Waals surface area contributed by atoms with Crippen LogP contribution in [0.2, 0.25) is 0 Å². The van der Waals surface area contributed by atoms with Crippen LogP contribution in [0.15, 0.2) is 60.9 Å². The predicted molar refractivity (Wildman–Crippen MR) is 118 cm³/mol. The Morgan fingerprint density at radius 3 is 2.63 bits per heavy atom. The number of halogens is 1. The molecule has 0 N–H and O–H groups in total. The second-order valence-electron chi connectivity index (χ2n) is 7.47. The first-order valence-electron chi connectivity index (χ1n) is 9.93. The quantitative estimate of drug-likeness (QED) is 0.420. The summed E-state index contributed by atoms with van der Waals surface area (Å²) in [7, 11) is 0. The highest BCUT2D eigenvalue weighted by Gasteiger charge is 2.21. The fourth-order valence-electron chi connectivity index (χ4n) is 3.27. The third-order valence-electron chi connectivity index (χ3n) is 5.00. The Labute approximate surface area is 178 Å². The van der Waals surface area contributed by atoms with E-state index in [9.17, 15) is 9.18 Å². The van der Waals surface area contributed by atoms with Crippen molar-refractivity contribution in [1.29, 1.82) is 0 Å². The van der Waals surface area contributed by atoms with Gasteiger partial charge in [0, 0.05) is 18.9 Å². The van der Waals surface area contributed by atoms with Crippen LogP contribution in [0.5, 0.6) is 0 Å². The van der Waals surface area contributed by atoms with Gasteiger partial charge in [0.15, 0.2) is 5.13 Å². The molecule has 0 aliphatic rings. The van der Waals surface area contributed by atoms with Crippen LogP contribution in [-0.2, 0) is 17.8 Å². The van der Waals surface area contributed by atoms with Gasteiger partial charge in [0.1, 0.15) is 11.3 Å². The average Bonchev–Trinajstić information content (AvgIpc) is 3.39. The lowest BCUT2D eigenvalue weighted by Crippen LogP contribution is -2.35. The Morgan fingerprint density at radius 2 is 1.97 bits per heavy atom. The Morgan fingerprint density at radius 1 is 1.17 bits per heavy atom. The van der Waals surface area contributed by atoms with Crippen molar-refractivity contribution in [1.82, 2.24) is 14.8 Å². The summed E-state index contributed by atoms with van der Waals surface area (Å²) in [6.07, 6.45) is 3.82. The maximum Gasteiger partial charge on any atom is 0.233 e. The third-order valence-corrected chi connectivity index (χ3v) is 6.05. The predicted octanol–water partition coefficient (Wildman–Crippen LogP) is 5.03. The van der Waals surface area contributed by atoms with Gasteiger partial charge in [0.05, 0.1) is 17.7 Å². The monoisotopic (exact) mass is 422 g/mol. The maximum absolute atomic E-state index is 14.1. The zero-order valence-electron chi connectivity index (χ0n) is 17.0. The lowest BCUT2D eigenvalue weighted by Gasteiger charge is -2.20. The Balaban J connectivity index is 1.59. The van der Waals surface area contributed by atoms with E-state index in [1.165, 1.54) is 23.0 Å². The number of para-hydroxylation sites is 1. The molecule has 2 heterocycles. The van der Waals surface area contributed by atoms with Gasteiger partial charge in [-0.2, -0.15) is 5.10 Å². The van der Waals surface area contributed by atoms with Crippen LogP contribution in [0.1, 0.15) is 30.9 Å². The minimum atomic E-state index is -0.376. The fourth-order valence-corrected chi connectivity index (χ4v) is 4.29. The van der Waals surface area contributed by atoms with Gasteiger partial charge in [0.2, 0.25) is 5.91 Å². The molecule has 0 aliphatic heterocycles. The molecule has 4 rings (SSSR count). The minimum Gasteiger partial charge on any atom is -0.286 e. The Bertz CT molecular complexity index is 1140. The maximum atomic E-state index is 14.1. The molecule has 0 fully saturated rings. The molecule has 0 aliphatic carbocycles. The number of benzene rings is 2. The molecule has 0 unspecified atom stereocenters. The van der Waals surface area contributed by atoms with Crippen molar-refractivity contribution in [3.05, 3.63) is 77.9 Å². The number of carbonyl (C=O) groups is 1. The fraction of sp³-hybridized carbons (Fsp3) is 0.261. The molecule has 2 aromatic carbocycles. The highest BCUT2D eigenvalue weighted by Crippen LogP contribution is 2.30. The van der Waals surface area contributed by atoms with E-state index in [1.807, 2.05) is 30.5 Å². The van der Waals surface area contributed by atoms with Crippen molar-refractivity contribution in [2.45, 2.75) is 32.7 Å². The largest absolute Gasteiger partial charge is 0.286 e. The normalized spacial score (nSPS) is 11.3. The van der Waals surface area contributed by atoms with E-state index in [1.54, 1.807) is 21.8 Å². The molecule has 154 valence electrons. The van der Waals surface area contributed by atoms with E-state index >= 15 is 0 Å². The summed E-state index contributed by atoms with van der Waals surface area (Å²) < 4.78 is 16.6. The van der Waals surface area contributed by atoms with Gasteiger partial charge in [-0.1, -0.05) is 55.5 Å². The number of aromatic nitrogens is 3. The van der Waals surface area contributed by atoms with Gasteiger partial charge < -0.3 is 0 Å². The number of carbonyl (C=O) groups excluding carboxylic acids is 1. The van der Waals surface area contributed by atoms with E-state index in [-0.39, 0.29) is 18.1 Å². The molecule has 0 radical (unpaired) electrons. The van der Waals surface area contributed by atoms with Crippen LogP contribution in [0.4, 0.5) is 9.52 Å². The van der Waals surface area contributed by atoms with Crippen molar-refractivity contribution in [2.75, 3.05) is 11.4 Å². The van der Waals surface area contributed by atoms with Crippen molar-refractivity contribution in [2.24, 2.45) is 0 Å². The van der Waals surface area contributed by atoms with Crippen molar-refractivity contribution in [3.8, 4) is 0 Å². The summed E-state index contributed by atoms with van der Waals surface area (Å²) in [4.78, 5) is 19.3. The molecule has 0 atom stereocenters. The average molecular weight is 423 g/mol. The number of hydrogen-bond acceptors (Lipinski definition) is 4. The first-order chi connectivity index (χ1) is 14.5. The lowest BCUT2D eigenvalue weighted by atomic mass is 10.0. The third kappa shape index (κ3) is 4.41. The van der Waals surface area contributed by atoms with Crippen molar-refractivity contribution >= 4 is 32.6 Å².